The van der Waals surface area contributed by atoms with Crippen LogP contribution in [0.15, 0.2) is 18.2 Å². The van der Waals surface area contributed by atoms with Crippen LogP contribution in [0.4, 0.5) is 0 Å². The molecule has 0 saturated heterocycles. The molecule has 1 aliphatic carbocycles. The largest absolute Gasteiger partial charge is 0.327 e. The lowest BCUT2D eigenvalue weighted by atomic mass is 9.62. The highest BCUT2D eigenvalue weighted by Crippen LogP contribution is 2.43. The van der Waals surface area contributed by atoms with Gasteiger partial charge in [-0.05, 0) is 30.8 Å². The van der Waals surface area contributed by atoms with E-state index in [1.807, 2.05) is 6.08 Å². The SMILES string of the molecule is CCCC(C)C(N)C1(C(C)CCC)C=CC=[C]C1. The van der Waals surface area contributed by atoms with Gasteiger partial charge in [-0.3, -0.25) is 0 Å². The first-order valence-corrected chi connectivity index (χ1v) is 7.58. The first-order valence-electron chi connectivity index (χ1n) is 7.58. The molecule has 103 valence electrons. The summed E-state index contributed by atoms with van der Waals surface area (Å²) >= 11 is 0. The molecule has 1 radical (unpaired) electrons. The smallest absolute Gasteiger partial charge is 0.0162 e. The molecule has 0 spiro atoms. The van der Waals surface area contributed by atoms with Crippen molar-refractivity contribution in [1.82, 2.24) is 0 Å². The third-order valence-corrected chi connectivity index (χ3v) is 4.65. The van der Waals surface area contributed by atoms with E-state index in [1.165, 1.54) is 25.7 Å². The van der Waals surface area contributed by atoms with Gasteiger partial charge in [-0.15, -0.1) is 0 Å². The number of rotatable bonds is 7. The Morgan fingerprint density at radius 1 is 1.22 bits per heavy atom. The van der Waals surface area contributed by atoms with E-state index in [0.717, 1.165) is 6.42 Å². The van der Waals surface area contributed by atoms with E-state index in [1.54, 1.807) is 0 Å². The molecule has 2 N–H and O–H groups in total. The zero-order chi connectivity index (χ0) is 13.6. The molecule has 4 unspecified atom stereocenters. The van der Waals surface area contributed by atoms with Gasteiger partial charge >= 0.3 is 0 Å². The van der Waals surface area contributed by atoms with Gasteiger partial charge in [0, 0.05) is 11.5 Å². The van der Waals surface area contributed by atoms with E-state index in [9.17, 15) is 0 Å². The van der Waals surface area contributed by atoms with Crippen molar-refractivity contribution in [1.29, 1.82) is 0 Å². The fourth-order valence-electron chi connectivity index (χ4n) is 3.35. The molecule has 0 fully saturated rings. The lowest BCUT2D eigenvalue weighted by molar-refractivity contribution is 0.141. The molecule has 0 aromatic heterocycles. The third-order valence-electron chi connectivity index (χ3n) is 4.65. The van der Waals surface area contributed by atoms with Gasteiger partial charge in [0.2, 0.25) is 0 Å². The van der Waals surface area contributed by atoms with Crippen LogP contribution in [-0.4, -0.2) is 6.04 Å². The monoisotopic (exact) mass is 248 g/mol. The van der Waals surface area contributed by atoms with Gasteiger partial charge in [0.1, 0.15) is 0 Å². The van der Waals surface area contributed by atoms with E-state index >= 15 is 0 Å². The Morgan fingerprint density at radius 3 is 2.39 bits per heavy atom. The summed E-state index contributed by atoms with van der Waals surface area (Å²) in [5.74, 6) is 1.22. The molecule has 1 aliphatic rings. The summed E-state index contributed by atoms with van der Waals surface area (Å²) in [4.78, 5) is 0. The third kappa shape index (κ3) is 3.26. The van der Waals surface area contributed by atoms with Crippen molar-refractivity contribution in [2.75, 3.05) is 0 Å². The minimum absolute atomic E-state index is 0.124. The zero-order valence-electron chi connectivity index (χ0n) is 12.6. The van der Waals surface area contributed by atoms with Crippen LogP contribution in [0.1, 0.15) is 59.8 Å². The van der Waals surface area contributed by atoms with E-state index in [4.69, 9.17) is 5.73 Å². The van der Waals surface area contributed by atoms with Crippen molar-refractivity contribution in [2.45, 2.75) is 65.8 Å². The Kier molecular flexibility index (Phi) is 6.14. The van der Waals surface area contributed by atoms with Crippen LogP contribution in [-0.2, 0) is 0 Å². The maximum absolute atomic E-state index is 6.64. The van der Waals surface area contributed by atoms with Gasteiger partial charge in [-0.2, -0.15) is 0 Å². The highest BCUT2D eigenvalue weighted by molar-refractivity contribution is 5.18. The van der Waals surface area contributed by atoms with E-state index in [-0.39, 0.29) is 11.5 Å². The molecule has 4 atom stereocenters. The van der Waals surface area contributed by atoms with E-state index in [0.29, 0.717) is 11.8 Å². The van der Waals surface area contributed by atoms with Crippen LogP contribution >= 0.6 is 0 Å². The topological polar surface area (TPSA) is 26.0 Å². The maximum atomic E-state index is 6.64. The fourth-order valence-corrected chi connectivity index (χ4v) is 3.35. The van der Waals surface area contributed by atoms with Crippen LogP contribution in [0.2, 0.25) is 0 Å². The summed E-state index contributed by atoms with van der Waals surface area (Å²) in [6, 6.07) is 0.247. The molecule has 18 heavy (non-hydrogen) atoms. The van der Waals surface area contributed by atoms with Crippen molar-refractivity contribution in [3.8, 4) is 0 Å². The van der Waals surface area contributed by atoms with Crippen molar-refractivity contribution in [2.24, 2.45) is 23.0 Å². The molecular weight excluding hydrogens is 218 g/mol. The van der Waals surface area contributed by atoms with Gasteiger partial charge in [0.25, 0.3) is 0 Å². The minimum Gasteiger partial charge on any atom is -0.327 e. The molecular formula is C17H30N. The van der Waals surface area contributed by atoms with Crippen LogP contribution in [0.3, 0.4) is 0 Å². The average molecular weight is 248 g/mol. The van der Waals surface area contributed by atoms with Gasteiger partial charge < -0.3 is 5.73 Å². The Hall–Kier alpha value is -0.560. The van der Waals surface area contributed by atoms with Crippen LogP contribution < -0.4 is 5.73 Å². The summed E-state index contributed by atoms with van der Waals surface area (Å²) in [6.45, 7) is 9.17. The average Bonchev–Trinajstić information content (AvgIpc) is 2.39. The Bertz CT molecular complexity index is 292. The quantitative estimate of drug-likeness (QED) is 0.705. The Balaban J connectivity index is 2.90. The number of hydrogen-bond donors (Lipinski definition) is 1. The second-order valence-corrected chi connectivity index (χ2v) is 6.00. The van der Waals surface area contributed by atoms with Crippen LogP contribution in [0, 0.1) is 23.3 Å². The highest BCUT2D eigenvalue weighted by Gasteiger charge is 2.40. The first-order chi connectivity index (χ1) is 8.58. The van der Waals surface area contributed by atoms with Gasteiger partial charge in [0.15, 0.2) is 0 Å². The number of nitrogens with two attached hydrogens (primary N) is 1. The summed E-state index contributed by atoms with van der Waals surface area (Å²) in [5.41, 5.74) is 6.76. The normalized spacial score (nSPS) is 28.1. The Labute approximate surface area is 114 Å². The van der Waals surface area contributed by atoms with Crippen LogP contribution in [0.25, 0.3) is 0 Å². The molecule has 0 aliphatic heterocycles. The number of hydrogen-bond acceptors (Lipinski definition) is 1. The van der Waals surface area contributed by atoms with Gasteiger partial charge in [-0.25, -0.2) is 0 Å². The molecule has 0 saturated carbocycles. The maximum Gasteiger partial charge on any atom is 0.0162 e. The van der Waals surface area contributed by atoms with E-state index < -0.39 is 0 Å². The summed E-state index contributed by atoms with van der Waals surface area (Å²) in [7, 11) is 0. The molecule has 1 nitrogen and oxygen atoms in total. The predicted molar refractivity (Wildman–Crippen MR) is 80.1 cm³/mol. The predicted octanol–water partition coefficient (Wildman–Crippen LogP) is 4.49. The molecule has 0 aromatic carbocycles. The molecule has 0 aromatic rings. The van der Waals surface area contributed by atoms with Crippen molar-refractivity contribution in [3.05, 3.63) is 24.3 Å². The highest BCUT2D eigenvalue weighted by atomic mass is 14.7. The standard InChI is InChI=1S/C17H30N/c1-5-10-14(3)16(18)17(15(4)11-6-2)12-8-7-9-13-17/h7-8,12,14-16H,5-6,10-11,13,18H2,1-4H3. The summed E-state index contributed by atoms with van der Waals surface area (Å²) < 4.78 is 0. The van der Waals surface area contributed by atoms with Crippen molar-refractivity contribution in [3.63, 3.8) is 0 Å². The molecule has 0 amide bonds. The van der Waals surface area contributed by atoms with Gasteiger partial charge in [0.05, 0.1) is 0 Å². The first kappa shape index (κ1) is 15.5. The van der Waals surface area contributed by atoms with Crippen molar-refractivity contribution >= 4 is 0 Å². The lowest BCUT2D eigenvalue weighted by Gasteiger charge is -2.44. The zero-order valence-corrected chi connectivity index (χ0v) is 12.6. The number of allylic oxidation sites excluding steroid dienone is 3. The summed E-state index contributed by atoms with van der Waals surface area (Å²) in [5, 5.41) is 0. The molecule has 1 heteroatoms. The Morgan fingerprint density at radius 2 is 1.89 bits per heavy atom. The van der Waals surface area contributed by atoms with Crippen LogP contribution in [0.5, 0.6) is 0 Å². The van der Waals surface area contributed by atoms with E-state index in [2.05, 4.69) is 45.9 Å². The molecule has 0 heterocycles. The molecule has 1 rings (SSSR count). The van der Waals surface area contributed by atoms with Crippen molar-refractivity contribution < 1.29 is 0 Å². The molecule has 0 bridgehead atoms. The summed E-state index contributed by atoms with van der Waals surface area (Å²) in [6.07, 6.45) is 15.9. The van der Waals surface area contributed by atoms with Gasteiger partial charge in [-0.1, -0.05) is 65.2 Å². The second-order valence-electron chi connectivity index (χ2n) is 6.00. The lowest BCUT2D eigenvalue weighted by Crippen LogP contribution is -2.49. The fraction of sp³-hybridized carbons (Fsp3) is 0.765. The second kappa shape index (κ2) is 7.13. The minimum atomic E-state index is 0.124.